The van der Waals surface area contributed by atoms with E-state index in [-0.39, 0.29) is 4.90 Å². The van der Waals surface area contributed by atoms with Crippen LogP contribution >= 0.6 is 0 Å². The first-order valence-electron chi connectivity index (χ1n) is 13.9. The van der Waals surface area contributed by atoms with Crippen LogP contribution in [0.4, 0.5) is 11.8 Å². The van der Waals surface area contributed by atoms with Crippen LogP contribution in [0.2, 0.25) is 0 Å². The van der Waals surface area contributed by atoms with Gasteiger partial charge in [-0.3, -0.25) is 0 Å². The SMILES string of the molecule is COCCOc1cc2ncnc(N3CCN(c4ncc(S(=O)(=O)N5CCCCC5)cn4)CC3)c2cc1OCCOC. The lowest BCUT2D eigenvalue weighted by Crippen LogP contribution is -2.47. The van der Waals surface area contributed by atoms with E-state index in [4.69, 9.17) is 18.9 Å². The quantitative estimate of drug-likeness (QED) is 0.287. The molecule has 0 saturated carbocycles. The number of hydrogen-bond donors (Lipinski definition) is 0. The Hall–Kier alpha value is -3.33. The Bertz CT molecular complexity index is 1400. The van der Waals surface area contributed by atoms with Gasteiger partial charge in [0.05, 0.1) is 31.1 Å². The number of piperidine rings is 1. The normalized spacial score (nSPS) is 16.7. The van der Waals surface area contributed by atoms with Crippen molar-refractivity contribution in [2.24, 2.45) is 0 Å². The Balaban J connectivity index is 1.29. The number of anilines is 2. The summed E-state index contributed by atoms with van der Waals surface area (Å²) in [6, 6.07) is 3.78. The summed E-state index contributed by atoms with van der Waals surface area (Å²) in [6.45, 7) is 5.42. The maximum atomic E-state index is 13.0. The molecule has 41 heavy (non-hydrogen) atoms. The second-order valence-corrected chi connectivity index (χ2v) is 11.8. The first-order valence-corrected chi connectivity index (χ1v) is 15.3. The van der Waals surface area contributed by atoms with Crippen LogP contribution in [-0.4, -0.2) is 113 Å². The number of rotatable bonds is 12. The van der Waals surface area contributed by atoms with Gasteiger partial charge >= 0.3 is 0 Å². The third kappa shape index (κ3) is 6.77. The molecular formula is C27H37N7O6S. The van der Waals surface area contributed by atoms with E-state index in [2.05, 4.69) is 29.7 Å². The molecule has 5 rings (SSSR count). The van der Waals surface area contributed by atoms with Crippen molar-refractivity contribution in [2.75, 3.05) is 89.7 Å². The van der Waals surface area contributed by atoms with Crippen molar-refractivity contribution in [3.05, 3.63) is 30.9 Å². The van der Waals surface area contributed by atoms with E-state index in [1.165, 1.54) is 16.7 Å². The minimum atomic E-state index is -3.56. The van der Waals surface area contributed by atoms with Crippen molar-refractivity contribution in [1.82, 2.24) is 24.2 Å². The molecule has 0 N–H and O–H groups in total. The molecule has 0 atom stereocenters. The highest BCUT2D eigenvalue weighted by Gasteiger charge is 2.28. The molecule has 4 heterocycles. The molecule has 14 heteroatoms. The van der Waals surface area contributed by atoms with Gasteiger partial charge in [0.2, 0.25) is 16.0 Å². The molecule has 13 nitrogen and oxygen atoms in total. The summed E-state index contributed by atoms with van der Waals surface area (Å²) in [5, 5.41) is 0.857. The summed E-state index contributed by atoms with van der Waals surface area (Å²) >= 11 is 0. The van der Waals surface area contributed by atoms with Crippen LogP contribution in [0.15, 0.2) is 35.7 Å². The highest BCUT2D eigenvalue weighted by atomic mass is 32.2. The number of hydrogen-bond acceptors (Lipinski definition) is 12. The lowest BCUT2D eigenvalue weighted by atomic mass is 10.2. The third-order valence-electron chi connectivity index (χ3n) is 7.20. The van der Waals surface area contributed by atoms with Crippen LogP contribution < -0.4 is 19.3 Å². The van der Waals surface area contributed by atoms with E-state index in [1.54, 1.807) is 20.5 Å². The fraction of sp³-hybridized carbons (Fsp3) is 0.556. The van der Waals surface area contributed by atoms with Gasteiger partial charge in [0, 0.05) is 64.9 Å². The van der Waals surface area contributed by atoms with Crippen LogP contribution in [0.3, 0.4) is 0 Å². The van der Waals surface area contributed by atoms with E-state index in [0.29, 0.717) is 83.1 Å². The molecule has 3 aromatic rings. The number of aromatic nitrogens is 4. The summed E-state index contributed by atoms with van der Waals surface area (Å²) in [5.74, 6) is 2.50. The Labute approximate surface area is 240 Å². The Morgan fingerprint density at radius 2 is 1.34 bits per heavy atom. The van der Waals surface area contributed by atoms with E-state index in [9.17, 15) is 8.42 Å². The lowest BCUT2D eigenvalue weighted by molar-refractivity contribution is 0.132. The number of ether oxygens (including phenoxy) is 4. The molecule has 2 aromatic heterocycles. The first kappa shape index (κ1) is 29.2. The number of benzene rings is 1. The van der Waals surface area contributed by atoms with Crippen molar-refractivity contribution < 1.29 is 27.4 Å². The molecular weight excluding hydrogens is 550 g/mol. The second kappa shape index (κ2) is 13.6. The van der Waals surface area contributed by atoms with Gasteiger partial charge in [-0.1, -0.05) is 6.42 Å². The molecule has 0 bridgehead atoms. The average molecular weight is 588 g/mol. The number of piperazine rings is 1. The van der Waals surface area contributed by atoms with Crippen molar-refractivity contribution in [3.63, 3.8) is 0 Å². The van der Waals surface area contributed by atoms with Crippen molar-refractivity contribution >= 4 is 32.7 Å². The maximum Gasteiger partial charge on any atom is 0.246 e. The fourth-order valence-electron chi connectivity index (χ4n) is 4.98. The van der Waals surface area contributed by atoms with E-state index >= 15 is 0 Å². The Morgan fingerprint density at radius 3 is 1.98 bits per heavy atom. The molecule has 0 aliphatic carbocycles. The zero-order valence-corrected chi connectivity index (χ0v) is 24.4. The molecule has 0 amide bonds. The summed E-state index contributed by atoms with van der Waals surface area (Å²) in [6.07, 6.45) is 7.23. The average Bonchev–Trinajstić information content (AvgIpc) is 3.02. The third-order valence-corrected chi connectivity index (χ3v) is 9.05. The predicted molar refractivity (Wildman–Crippen MR) is 153 cm³/mol. The molecule has 2 saturated heterocycles. The first-order chi connectivity index (χ1) is 20.0. The summed E-state index contributed by atoms with van der Waals surface area (Å²) in [7, 11) is -0.308. The van der Waals surface area contributed by atoms with Crippen molar-refractivity contribution in [1.29, 1.82) is 0 Å². The molecule has 0 spiro atoms. The molecule has 2 aliphatic rings. The van der Waals surface area contributed by atoms with Gasteiger partial charge in [-0.05, 0) is 18.9 Å². The monoisotopic (exact) mass is 587 g/mol. The van der Waals surface area contributed by atoms with Gasteiger partial charge in [0.1, 0.15) is 30.3 Å². The minimum Gasteiger partial charge on any atom is -0.487 e. The highest BCUT2D eigenvalue weighted by Crippen LogP contribution is 2.35. The van der Waals surface area contributed by atoms with Crippen molar-refractivity contribution in [3.8, 4) is 11.5 Å². The second-order valence-electron chi connectivity index (χ2n) is 9.85. The standard InChI is InChI=1S/C27H37N7O6S/c1-37-12-14-39-24-16-22-23(17-25(24)40-15-13-38-2)30-20-31-26(22)32-8-10-33(11-9-32)27-28-18-21(19-29-27)41(35,36)34-6-4-3-5-7-34/h16-20H,3-15H2,1-2H3. The smallest absolute Gasteiger partial charge is 0.246 e. The highest BCUT2D eigenvalue weighted by molar-refractivity contribution is 7.89. The Morgan fingerprint density at radius 1 is 0.732 bits per heavy atom. The fourth-order valence-corrected chi connectivity index (χ4v) is 6.39. The molecule has 2 fully saturated rings. The van der Waals surface area contributed by atoms with E-state index < -0.39 is 10.0 Å². The topological polar surface area (TPSA) is 132 Å². The molecule has 0 unspecified atom stereocenters. The zero-order valence-electron chi connectivity index (χ0n) is 23.6. The van der Waals surface area contributed by atoms with Crippen LogP contribution in [0.1, 0.15) is 19.3 Å². The van der Waals surface area contributed by atoms with Crippen LogP contribution in [0.5, 0.6) is 11.5 Å². The molecule has 222 valence electrons. The summed E-state index contributed by atoms with van der Waals surface area (Å²) in [5.41, 5.74) is 0.748. The van der Waals surface area contributed by atoms with Crippen LogP contribution in [0.25, 0.3) is 10.9 Å². The van der Waals surface area contributed by atoms with E-state index in [1.807, 2.05) is 12.1 Å². The lowest BCUT2D eigenvalue weighted by Gasteiger charge is -2.35. The maximum absolute atomic E-state index is 13.0. The minimum absolute atomic E-state index is 0.142. The molecule has 1 aromatic carbocycles. The van der Waals surface area contributed by atoms with Gasteiger partial charge in [0.25, 0.3) is 0 Å². The Kier molecular flexibility index (Phi) is 9.64. The van der Waals surface area contributed by atoms with Crippen molar-refractivity contribution in [2.45, 2.75) is 24.2 Å². The van der Waals surface area contributed by atoms with E-state index in [0.717, 1.165) is 36.0 Å². The number of nitrogens with zero attached hydrogens (tertiary/aromatic N) is 7. The number of methoxy groups -OCH3 is 2. The van der Waals surface area contributed by atoms with Gasteiger partial charge in [-0.2, -0.15) is 4.31 Å². The van der Waals surface area contributed by atoms with Crippen LogP contribution in [-0.2, 0) is 19.5 Å². The van der Waals surface area contributed by atoms with Gasteiger partial charge < -0.3 is 28.7 Å². The summed E-state index contributed by atoms with van der Waals surface area (Å²) < 4.78 is 49.6. The summed E-state index contributed by atoms with van der Waals surface area (Å²) in [4.78, 5) is 22.3. The van der Waals surface area contributed by atoms with Crippen LogP contribution in [0, 0.1) is 0 Å². The predicted octanol–water partition coefficient (Wildman–Crippen LogP) is 1.97. The van der Waals surface area contributed by atoms with Gasteiger partial charge in [-0.25, -0.2) is 28.4 Å². The number of sulfonamides is 1. The zero-order chi connectivity index (χ0) is 28.7. The molecule has 2 aliphatic heterocycles. The molecule has 0 radical (unpaired) electrons. The largest absolute Gasteiger partial charge is 0.487 e. The van der Waals surface area contributed by atoms with Gasteiger partial charge in [-0.15, -0.1) is 0 Å². The number of fused-ring (bicyclic) bond motifs is 1. The van der Waals surface area contributed by atoms with Gasteiger partial charge in [0.15, 0.2) is 11.5 Å².